The van der Waals surface area contributed by atoms with E-state index in [0.717, 1.165) is 23.1 Å². The Morgan fingerprint density at radius 2 is 1.85 bits per heavy atom. The molecule has 0 fully saturated rings. The molecule has 2 aromatic carbocycles. The summed E-state index contributed by atoms with van der Waals surface area (Å²) in [4.78, 5) is 22.9. The maximum Gasteiger partial charge on any atom is 0.416 e. The molecule has 144 valence electrons. The molecule has 1 atom stereocenters. The van der Waals surface area contributed by atoms with Crippen LogP contribution in [0.1, 0.15) is 11.1 Å². The molecule has 0 saturated carbocycles. The number of non-ortho nitro benzene ring substituents is 1. The van der Waals surface area contributed by atoms with Crippen LogP contribution in [0.15, 0.2) is 42.5 Å². The highest BCUT2D eigenvalue weighted by Crippen LogP contribution is 2.29. The number of carbonyl (C=O) groups is 1. The highest BCUT2D eigenvalue weighted by atomic mass is 35.5. The maximum atomic E-state index is 12.6. The van der Waals surface area contributed by atoms with E-state index in [2.05, 4.69) is 5.32 Å². The van der Waals surface area contributed by atoms with Gasteiger partial charge in [-0.05, 0) is 18.2 Å². The molecular weight excluding hydrogens is 387 g/mol. The van der Waals surface area contributed by atoms with E-state index in [1.165, 1.54) is 24.3 Å². The normalized spacial score (nSPS) is 12.5. The molecule has 0 aromatic heterocycles. The third-order valence-corrected chi connectivity index (χ3v) is 4.00. The fraction of sp³-hybridized carbons (Fsp3) is 0.235. The lowest BCUT2D eigenvalue weighted by molar-refractivity contribution is -0.885. The van der Waals surface area contributed by atoms with Gasteiger partial charge < -0.3 is 10.2 Å². The van der Waals surface area contributed by atoms with Gasteiger partial charge in [0.25, 0.3) is 11.6 Å². The zero-order valence-corrected chi connectivity index (χ0v) is 14.9. The second-order valence-corrected chi connectivity index (χ2v) is 6.38. The van der Waals surface area contributed by atoms with Crippen LogP contribution in [0, 0.1) is 10.1 Å². The predicted molar refractivity (Wildman–Crippen MR) is 93.6 cm³/mol. The van der Waals surface area contributed by atoms with Crippen molar-refractivity contribution in [2.75, 3.05) is 18.9 Å². The van der Waals surface area contributed by atoms with Crippen molar-refractivity contribution < 1.29 is 27.8 Å². The number of alkyl halides is 3. The second kappa shape index (κ2) is 8.36. The number of anilines is 1. The minimum Gasteiger partial charge on any atom is -0.326 e. The van der Waals surface area contributed by atoms with Crippen molar-refractivity contribution in [3.05, 3.63) is 68.7 Å². The second-order valence-electron chi connectivity index (χ2n) is 5.97. The Bertz CT molecular complexity index is 842. The predicted octanol–water partition coefficient (Wildman–Crippen LogP) is 2.92. The van der Waals surface area contributed by atoms with E-state index in [1.54, 1.807) is 7.05 Å². The van der Waals surface area contributed by atoms with Gasteiger partial charge in [0.1, 0.15) is 6.54 Å². The summed E-state index contributed by atoms with van der Waals surface area (Å²) < 4.78 is 37.7. The topological polar surface area (TPSA) is 76.7 Å². The molecule has 0 radical (unpaired) electrons. The van der Waals surface area contributed by atoms with E-state index in [4.69, 9.17) is 11.6 Å². The number of nitro groups is 1. The van der Waals surface area contributed by atoms with Gasteiger partial charge in [0.05, 0.1) is 28.2 Å². The van der Waals surface area contributed by atoms with E-state index in [9.17, 15) is 28.1 Å². The van der Waals surface area contributed by atoms with Gasteiger partial charge in [-0.15, -0.1) is 0 Å². The third kappa shape index (κ3) is 5.93. The van der Waals surface area contributed by atoms with Crippen LogP contribution in [0.25, 0.3) is 0 Å². The summed E-state index contributed by atoms with van der Waals surface area (Å²) in [7, 11) is 1.72. The molecule has 0 heterocycles. The van der Waals surface area contributed by atoms with Gasteiger partial charge in [-0.3, -0.25) is 14.9 Å². The van der Waals surface area contributed by atoms with E-state index < -0.39 is 16.7 Å². The van der Waals surface area contributed by atoms with Crippen molar-refractivity contribution in [3.63, 3.8) is 0 Å². The number of hydrogen-bond acceptors (Lipinski definition) is 3. The third-order valence-electron chi connectivity index (χ3n) is 3.69. The van der Waals surface area contributed by atoms with Crippen LogP contribution in [0.3, 0.4) is 0 Å². The van der Waals surface area contributed by atoms with Crippen LogP contribution in [-0.2, 0) is 17.5 Å². The molecule has 1 unspecified atom stereocenters. The van der Waals surface area contributed by atoms with Crippen LogP contribution in [0.2, 0.25) is 5.02 Å². The molecule has 2 rings (SSSR count). The van der Waals surface area contributed by atoms with Crippen LogP contribution in [0.4, 0.5) is 24.5 Å². The van der Waals surface area contributed by atoms with Gasteiger partial charge in [0.2, 0.25) is 0 Å². The maximum absolute atomic E-state index is 12.6. The fourth-order valence-corrected chi connectivity index (χ4v) is 2.63. The Balaban J connectivity index is 1.93. The van der Waals surface area contributed by atoms with E-state index in [-0.39, 0.29) is 28.8 Å². The SMILES string of the molecule is C[NH+](CC(=O)Nc1ccc([N+](=O)[O-])cc1Cl)Cc1ccc(C(F)(F)F)cc1. The molecule has 0 aliphatic heterocycles. The highest BCUT2D eigenvalue weighted by molar-refractivity contribution is 6.33. The summed E-state index contributed by atoms with van der Waals surface area (Å²) >= 11 is 5.92. The number of nitrogens with one attached hydrogen (secondary N) is 2. The minimum absolute atomic E-state index is 0.0361. The molecule has 6 nitrogen and oxygen atoms in total. The molecule has 1 amide bonds. The van der Waals surface area contributed by atoms with Gasteiger partial charge >= 0.3 is 6.18 Å². The Morgan fingerprint density at radius 1 is 1.22 bits per heavy atom. The van der Waals surface area contributed by atoms with Crippen molar-refractivity contribution in [2.45, 2.75) is 12.7 Å². The number of amides is 1. The number of likely N-dealkylation sites (N-methyl/N-ethyl adjacent to an activating group) is 1. The summed E-state index contributed by atoms with van der Waals surface area (Å²) in [5, 5.41) is 13.3. The summed E-state index contributed by atoms with van der Waals surface area (Å²) in [6.45, 7) is 0.383. The summed E-state index contributed by atoms with van der Waals surface area (Å²) in [6.07, 6.45) is -4.39. The van der Waals surface area contributed by atoms with E-state index in [1.807, 2.05) is 0 Å². The number of carbonyl (C=O) groups excluding carboxylic acids is 1. The molecule has 0 aliphatic carbocycles. The quantitative estimate of drug-likeness (QED) is 0.576. The summed E-state index contributed by atoms with van der Waals surface area (Å²) in [5.74, 6) is -0.379. The van der Waals surface area contributed by atoms with Crippen molar-refractivity contribution in [1.29, 1.82) is 0 Å². The molecule has 0 bridgehead atoms. The molecule has 2 N–H and O–H groups in total. The number of benzene rings is 2. The number of rotatable bonds is 6. The standard InChI is InChI=1S/C17H15ClF3N3O3/c1-23(9-11-2-4-12(5-3-11)17(19,20)21)10-16(25)22-15-7-6-13(24(26)27)8-14(15)18/h2-8H,9-10H2,1H3,(H,22,25)/p+1. The molecule has 0 saturated heterocycles. The van der Waals surface area contributed by atoms with Crippen LogP contribution >= 0.6 is 11.6 Å². The highest BCUT2D eigenvalue weighted by Gasteiger charge is 2.30. The Labute approximate surface area is 157 Å². The van der Waals surface area contributed by atoms with E-state index >= 15 is 0 Å². The Morgan fingerprint density at radius 3 is 2.37 bits per heavy atom. The average Bonchev–Trinajstić information content (AvgIpc) is 2.56. The van der Waals surface area contributed by atoms with Crippen molar-refractivity contribution >= 4 is 28.9 Å². The number of nitro benzene ring substituents is 1. The smallest absolute Gasteiger partial charge is 0.326 e. The summed E-state index contributed by atoms with van der Waals surface area (Å²) in [6, 6.07) is 8.44. The molecular formula is C17H16ClF3N3O3+. The van der Waals surface area contributed by atoms with E-state index in [0.29, 0.717) is 12.1 Å². The first kappa shape index (κ1) is 20.7. The lowest BCUT2D eigenvalue weighted by atomic mass is 10.1. The van der Waals surface area contributed by atoms with Crippen LogP contribution < -0.4 is 10.2 Å². The first-order valence-electron chi connectivity index (χ1n) is 7.77. The summed E-state index contributed by atoms with van der Waals surface area (Å²) in [5.41, 5.74) is -0.0197. The number of halogens is 4. The zero-order valence-electron chi connectivity index (χ0n) is 14.1. The molecule has 0 aliphatic rings. The van der Waals surface area contributed by atoms with Gasteiger partial charge in [0, 0.05) is 17.7 Å². The average molecular weight is 403 g/mol. The first-order chi connectivity index (χ1) is 12.6. The fourth-order valence-electron chi connectivity index (χ4n) is 2.41. The lowest BCUT2D eigenvalue weighted by Gasteiger charge is -2.15. The van der Waals surface area contributed by atoms with Crippen LogP contribution in [0.5, 0.6) is 0 Å². The molecule has 2 aromatic rings. The molecule has 10 heteroatoms. The van der Waals surface area contributed by atoms with Crippen molar-refractivity contribution in [2.24, 2.45) is 0 Å². The zero-order chi connectivity index (χ0) is 20.2. The largest absolute Gasteiger partial charge is 0.416 e. The molecule has 0 spiro atoms. The number of hydrogen-bond donors (Lipinski definition) is 2. The van der Waals surface area contributed by atoms with Gasteiger partial charge in [-0.1, -0.05) is 23.7 Å². The number of quaternary nitrogens is 1. The van der Waals surface area contributed by atoms with Gasteiger partial charge in [0.15, 0.2) is 6.54 Å². The molecule has 27 heavy (non-hydrogen) atoms. The van der Waals surface area contributed by atoms with Crippen molar-refractivity contribution in [3.8, 4) is 0 Å². The number of nitrogens with zero attached hydrogens (tertiary/aromatic N) is 1. The first-order valence-corrected chi connectivity index (χ1v) is 8.15. The monoisotopic (exact) mass is 402 g/mol. The van der Waals surface area contributed by atoms with Crippen LogP contribution in [-0.4, -0.2) is 24.4 Å². The lowest BCUT2D eigenvalue weighted by Crippen LogP contribution is -3.08. The Kier molecular flexibility index (Phi) is 6.40. The van der Waals surface area contributed by atoms with Gasteiger partial charge in [-0.25, -0.2) is 0 Å². The Hall–Kier alpha value is -2.65. The minimum atomic E-state index is -4.39. The van der Waals surface area contributed by atoms with Crippen molar-refractivity contribution in [1.82, 2.24) is 0 Å². The van der Waals surface area contributed by atoms with Gasteiger partial charge in [-0.2, -0.15) is 13.2 Å².